The Labute approximate surface area is 417 Å². The molecule has 0 aliphatic carbocycles. The Morgan fingerprint density at radius 2 is 0.493 bits per heavy atom. The third-order valence-corrected chi connectivity index (χ3v) is 13.4. The number of esters is 3. The number of carbonyl (C=O) groups is 3. The number of rotatable bonds is 55. The standard InChI is InChI=1S/C61H114O6/c1-4-7-10-13-16-19-22-25-27-29-30-32-33-36-39-42-45-48-51-54-60(63)66-57-58(56-65-59(62)53-50-47-44-41-38-35-24-21-18-15-12-9-6-3)67-61(64)55-52-49-46-43-40-37-34-31-28-26-23-20-17-14-11-8-5-2/h21,24-25,27,58H,4-20,22-23,26,28-57H2,1-3H3/b24-21-,27-25-. The van der Waals surface area contributed by atoms with Crippen molar-refractivity contribution in [2.24, 2.45) is 0 Å². The molecule has 0 saturated carbocycles. The van der Waals surface area contributed by atoms with Gasteiger partial charge in [-0.25, -0.2) is 0 Å². The van der Waals surface area contributed by atoms with Gasteiger partial charge in [-0.3, -0.25) is 14.4 Å². The number of carbonyl (C=O) groups excluding carboxylic acids is 3. The van der Waals surface area contributed by atoms with Gasteiger partial charge in [0.25, 0.3) is 0 Å². The van der Waals surface area contributed by atoms with E-state index in [4.69, 9.17) is 14.2 Å². The van der Waals surface area contributed by atoms with Crippen molar-refractivity contribution in [2.45, 2.75) is 335 Å². The average Bonchev–Trinajstić information content (AvgIpc) is 3.33. The molecule has 6 nitrogen and oxygen atoms in total. The monoisotopic (exact) mass is 943 g/mol. The molecule has 0 bridgehead atoms. The molecule has 0 aromatic heterocycles. The molecule has 394 valence electrons. The Kier molecular flexibility index (Phi) is 54.7. The molecule has 67 heavy (non-hydrogen) atoms. The lowest BCUT2D eigenvalue weighted by Gasteiger charge is -2.18. The first-order valence-electron chi connectivity index (χ1n) is 29.8. The van der Waals surface area contributed by atoms with Crippen molar-refractivity contribution in [1.29, 1.82) is 0 Å². The van der Waals surface area contributed by atoms with Gasteiger partial charge in [-0.2, -0.15) is 0 Å². The van der Waals surface area contributed by atoms with Gasteiger partial charge in [0.05, 0.1) is 0 Å². The van der Waals surface area contributed by atoms with Gasteiger partial charge in [-0.15, -0.1) is 0 Å². The molecule has 1 unspecified atom stereocenters. The van der Waals surface area contributed by atoms with Crippen LogP contribution in [0.2, 0.25) is 0 Å². The minimum Gasteiger partial charge on any atom is -0.462 e. The van der Waals surface area contributed by atoms with Gasteiger partial charge in [0.15, 0.2) is 6.10 Å². The zero-order valence-corrected chi connectivity index (χ0v) is 45.2. The summed E-state index contributed by atoms with van der Waals surface area (Å²) >= 11 is 0. The molecular formula is C61H114O6. The maximum Gasteiger partial charge on any atom is 0.306 e. The minimum atomic E-state index is -0.771. The summed E-state index contributed by atoms with van der Waals surface area (Å²) in [6.45, 7) is 6.66. The molecule has 0 N–H and O–H groups in total. The third kappa shape index (κ3) is 54.7. The molecule has 0 aromatic carbocycles. The quantitative estimate of drug-likeness (QED) is 0.0262. The molecule has 1 atom stereocenters. The van der Waals surface area contributed by atoms with Crippen LogP contribution in [0.5, 0.6) is 0 Å². The van der Waals surface area contributed by atoms with Crippen molar-refractivity contribution >= 4 is 17.9 Å². The number of allylic oxidation sites excluding steroid dienone is 4. The number of hydrogen-bond donors (Lipinski definition) is 0. The van der Waals surface area contributed by atoms with E-state index in [1.54, 1.807) is 0 Å². The fraction of sp³-hybridized carbons (Fsp3) is 0.885. The highest BCUT2D eigenvalue weighted by Gasteiger charge is 2.19. The van der Waals surface area contributed by atoms with E-state index < -0.39 is 6.10 Å². The highest BCUT2D eigenvalue weighted by atomic mass is 16.6. The van der Waals surface area contributed by atoms with Crippen molar-refractivity contribution in [1.82, 2.24) is 0 Å². The van der Waals surface area contributed by atoms with Gasteiger partial charge in [0.2, 0.25) is 0 Å². The van der Waals surface area contributed by atoms with Crippen LogP contribution < -0.4 is 0 Å². The largest absolute Gasteiger partial charge is 0.462 e. The first-order valence-corrected chi connectivity index (χ1v) is 29.8. The maximum atomic E-state index is 12.9. The summed E-state index contributed by atoms with van der Waals surface area (Å²) in [6.07, 6.45) is 66.0. The SMILES string of the molecule is CCCCCC/C=C\CCCCCCCC(=O)OCC(COC(=O)CCCCCCCCCCC/C=C\CCCCCCCC)OC(=O)CCCCCCCCCCCCCCCCCCC. The summed E-state index contributed by atoms with van der Waals surface area (Å²) in [6, 6.07) is 0. The molecule has 6 heteroatoms. The molecule has 0 rings (SSSR count). The van der Waals surface area contributed by atoms with E-state index in [9.17, 15) is 14.4 Å². The third-order valence-electron chi connectivity index (χ3n) is 13.4. The molecule has 0 spiro atoms. The van der Waals surface area contributed by atoms with E-state index in [0.717, 1.165) is 64.2 Å². The zero-order valence-electron chi connectivity index (χ0n) is 45.2. The maximum absolute atomic E-state index is 12.9. The second-order valence-corrected chi connectivity index (χ2v) is 20.3. The van der Waals surface area contributed by atoms with Crippen LogP contribution in [0.15, 0.2) is 24.3 Å². The molecule has 0 radical (unpaired) electrons. The summed E-state index contributed by atoms with van der Waals surface area (Å²) in [5.41, 5.74) is 0. The van der Waals surface area contributed by atoms with E-state index in [-0.39, 0.29) is 31.1 Å². The van der Waals surface area contributed by atoms with Gasteiger partial charge in [0, 0.05) is 19.3 Å². The fourth-order valence-corrected chi connectivity index (χ4v) is 8.91. The van der Waals surface area contributed by atoms with Crippen LogP contribution in [0.4, 0.5) is 0 Å². The first-order chi connectivity index (χ1) is 33.0. The summed E-state index contributed by atoms with van der Waals surface area (Å²) in [4.78, 5) is 38.2. The molecular weight excluding hydrogens is 829 g/mol. The normalized spacial score (nSPS) is 12.1. The second kappa shape index (κ2) is 56.5. The Hall–Kier alpha value is -2.11. The number of unbranched alkanes of at least 4 members (excludes halogenated alkanes) is 40. The molecule has 0 aliphatic rings. The Morgan fingerprint density at radius 3 is 0.761 bits per heavy atom. The fourth-order valence-electron chi connectivity index (χ4n) is 8.91. The Morgan fingerprint density at radius 1 is 0.284 bits per heavy atom. The molecule has 0 heterocycles. The average molecular weight is 944 g/mol. The smallest absolute Gasteiger partial charge is 0.306 e. The van der Waals surface area contributed by atoms with Gasteiger partial charge in [-0.1, -0.05) is 263 Å². The summed E-state index contributed by atoms with van der Waals surface area (Å²) in [7, 11) is 0. The topological polar surface area (TPSA) is 78.9 Å². The van der Waals surface area contributed by atoms with Crippen LogP contribution in [-0.2, 0) is 28.6 Å². The second-order valence-electron chi connectivity index (χ2n) is 20.3. The van der Waals surface area contributed by atoms with Gasteiger partial charge < -0.3 is 14.2 Å². The van der Waals surface area contributed by atoms with Crippen LogP contribution in [-0.4, -0.2) is 37.2 Å². The molecule has 0 aromatic rings. The van der Waals surface area contributed by atoms with E-state index in [0.29, 0.717) is 19.3 Å². The lowest BCUT2D eigenvalue weighted by molar-refractivity contribution is -0.167. The highest BCUT2D eigenvalue weighted by Crippen LogP contribution is 2.17. The van der Waals surface area contributed by atoms with Crippen LogP contribution in [0.1, 0.15) is 329 Å². The summed E-state index contributed by atoms with van der Waals surface area (Å²) in [5, 5.41) is 0. The van der Waals surface area contributed by atoms with Crippen LogP contribution >= 0.6 is 0 Å². The Bertz CT molecular complexity index is 1080. The first kappa shape index (κ1) is 64.9. The molecule has 0 fully saturated rings. The van der Waals surface area contributed by atoms with E-state index in [1.165, 1.54) is 225 Å². The van der Waals surface area contributed by atoms with Crippen molar-refractivity contribution in [2.75, 3.05) is 13.2 Å². The van der Waals surface area contributed by atoms with Gasteiger partial charge in [-0.05, 0) is 70.6 Å². The van der Waals surface area contributed by atoms with Gasteiger partial charge >= 0.3 is 17.9 Å². The van der Waals surface area contributed by atoms with E-state index >= 15 is 0 Å². The Balaban J connectivity index is 4.31. The van der Waals surface area contributed by atoms with Crippen molar-refractivity contribution in [3.63, 3.8) is 0 Å². The lowest BCUT2D eigenvalue weighted by Crippen LogP contribution is -2.30. The number of hydrogen-bond acceptors (Lipinski definition) is 6. The van der Waals surface area contributed by atoms with E-state index in [2.05, 4.69) is 45.1 Å². The summed E-state index contributed by atoms with van der Waals surface area (Å²) < 4.78 is 16.9. The molecule has 0 saturated heterocycles. The molecule has 0 amide bonds. The van der Waals surface area contributed by atoms with Crippen molar-refractivity contribution in [3.05, 3.63) is 24.3 Å². The minimum absolute atomic E-state index is 0.0704. The van der Waals surface area contributed by atoms with Crippen LogP contribution in [0, 0.1) is 0 Å². The van der Waals surface area contributed by atoms with Crippen molar-refractivity contribution in [3.8, 4) is 0 Å². The van der Waals surface area contributed by atoms with Crippen molar-refractivity contribution < 1.29 is 28.6 Å². The van der Waals surface area contributed by atoms with E-state index in [1.807, 2.05) is 0 Å². The predicted octanol–water partition coefficient (Wildman–Crippen LogP) is 19.9. The van der Waals surface area contributed by atoms with Crippen LogP contribution in [0.3, 0.4) is 0 Å². The number of ether oxygens (including phenoxy) is 3. The zero-order chi connectivity index (χ0) is 48.6. The predicted molar refractivity (Wildman–Crippen MR) is 289 cm³/mol. The highest BCUT2D eigenvalue weighted by molar-refractivity contribution is 5.71. The van der Waals surface area contributed by atoms with Crippen LogP contribution in [0.25, 0.3) is 0 Å². The lowest BCUT2D eigenvalue weighted by atomic mass is 10.0. The van der Waals surface area contributed by atoms with Gasteiger partial charge in [0.1, 0.15) is 13.2 Å². The molecule has 0 aliphatic heterocycles. The summed E-state index contributed by atoms with van der Waals surface area (Å²) in [5.74, 6) is -0.859.